The molecule has 1 aliphatic carbocycles. The van der Waals surface area contributed by atoms with Crippen molar-refractivity contribution in [1.82, 2.24) is 25.5 Å². The summed E-state index contributed by atoms with van der Waals surface area (Å²) in [4.78, 5) is 12.4. The summed E-state index contributed by atoms with van der Waals surface area (Å²) in [5.74, 6) is 0.0332. The molecule has 2 atom stereocenters. The highest BCUT2D eigenvalue weighted by atomic mass is 32.2. The van der Waals surface area contributed by atoms with E-state index in [4.69, 9.17) is 0 Å². The van der Waals surface area contributed by atoms with Crippen molar-refractivity contribution >= 4 is 17.7 Å². The van der Waals surface area contributed by atoms with Gasteiger partial charge in [-0.15, -0.1) is 5.10 Å². The van der Waals surface area contributed by atoms with E-state index in [-0.39, 0.29) is 17.2 Å². The Labute approximate surface area is 146 Å². The van der Waals surface area contributed by atoms with Gasteiger partial charge in [-0.2, -0.15) is 0 Å². The summed E-state index contributed by atoms with van der Waals surface area (Å²) in [5, 5.41) is 15.4. The molecular weight excluding hydrogens is 322 g/mol. The maximum absolute atomic E-state index is 12.4. The Hall–Kier alpha value is -1.89. The molecule has 1 N–H and O–H groups in total. The standard InChI is InChI=1S/C17H23N5OS/c1-12(8-9-14-6-4-3-5-7-14)18-16(23)13(2)24-17-19-20-21-22(17)15-10-11-15/h3-7,12-13,15H,8-11H2,1-2H3,(H,18,23). The van der Waals surface area contributed by atoms with Crippen molar-refractivity contribution in [1.29, 1.82) is 0 Å². The van der Waals surface area contributed by atoms with Gasteiger partial charge in [0.25, 0.3) is 0 Å². The van der Waals surface area contributed by atoms with Crippen molar-refractivity contribution < 1.29 is 4.79 Å². The van der Waals surface area contributed by atoms with Crippen LogP contribution in [0.3, 0.4) is 0 Å². The number of carbonyl (C=O) groups is 1. The van der Waals surface area contributed by atoms with Gasteiger partial charge in [-0.3, -0.25) is 4.79 Å². The first kappa shape index (κ1) is 17.0. The fourth-order valence-corrected chi connectivity index (χ4v) is 3.35. The minimum Gasteiger partial charge on any atom is -0.353 e. The van der Waals surface area contributed by atoms with Gasteiger partial charge in [0, 0.05) is 6.04 Å². The zero-order valence-corrected chi connectivity index (χ0v) is 14.9. The molecule has 128 valence electrons. The van der Waals surface area contributed by atoms with Gasteiger partial charge in [0.2, 0.25) is 11.1 Å². The van der Waals surface area contributed by atoms with Crippen LogP contribution < -0.4 is 5.32 Å². The van der Waals surface area contributed by atoms with Gasteiger partial charge in [0.15, 0.2) is 0 Å². The topological polar surface area (TPSA) is 72.7 Å². The van der Waals surface area contributed by atoms with Gasteiger partial charge >= 0.3 is 0 Å². The van der Waals surface area contributed by atoms with E-state index in [2.05, 4.69) is 33.0 Å². The highest BCUT2D eigenvalue weighted by Gasteiger charge is 2.29. The quantitative estimate of drug-likeness (QED) is 0.745. The van der Waals surface area contributed by atoms with E-state index < -0.39 is 0 Å². The zero-order chi connectivity index (χ0) is 16.9. The molecule has 0 radical (unpaired) electrons. The number of thioether (sulfide) groups is 1. The number of hydrogen-bond acceptors (Lipinski definition) is 5. The number of rotatable bonds is 8. The minimum absolute atomic E-state index is 0.0332. The van der Waals surface area contributed by atoms with Crippen LogP contribution in [-0.2, 0) is 11.2 Å². The number of carbonyl (C=O) groups excluding carboxylic acids is 1. The fraction of sp³-hybridized carbons (Fsp3) is 0.529. The smallest absolute Gasteiger partial charge is 0.233 e. The van der Waals surface area contributed by atoms with Gasteiger partial charge in [0.05, 0.1) is 11.3 Å². The summed E-state index contributed by atoms with van der Waals surface area (Å²) >= 11 is 1.42. The van der Waals surface area contributed by atoms with Gasteiger partial charge < -0.3 is 5.32 Å². The van der Waals surface area contributed by atoms with Crippen molar-refractivity contribution in [2.45, 2.75) is 62.0 Å². The van der Waals surface area contributed by atoms with Gasteiger partial charge in [-0.25, -0.2) is 4.68 Å². The van der Waals surface area contributed by atoms with E-state index >= 15 is 0 Å². The van der Waals surface area contributed by atoms with E-state index in [1.54, 1.807) is 0 Å². The van der Waals surface area contributed by atoms with Crippen LogP contribution in [0.25, 0.3) is 0 Å². The lowest BCUT2D eigenvalue weighted by Gasteiger charge is -2.17. The molecule has 0 aliphatic heterocycles. The Kier molecular flexibility index (Phi) is 5.50. The van der Waals surface area contributed by atoms with Crippen LogP contribution in [0.2, 0.25) is 0 Å². The molecule has 1 heterocycles. The van der Waals surface area contributed by atoms with Gasteiger partial charge in [-0.05, 0) is 55.5 Å². The molecule has 2 unspecified atom stereocenters. The Morgan fingerprint density at radius 2 is 2.08 bits per heavy atom. The largest absolute Gasteiger partial charge is 0.353 e. The second-order valence-corrected chi connectivity index (χ2v) is 7.64. The number of nitrogens with zero attached hydrogens (tertiary/aromatic N) is 4. The van der Waals surface area contributed by atoms with E-state index in [1.807, 2.05) is 36.7 Å². The third-order valence-electron chi connectivity index (χ3n) is 4.10. The second kappa shape index (κ2) is 7.79. The second-order valence-electron chi connectivity index (χ2n) is 6.33. The number of aryl methyl sites for hydroxylation is 1. The third kappa shape index (κ3) is 4.56. The van der Waals surface area contributed by atoms with E-state index in [0.29, 0.717) is 6.04 Å². The maximum Gasteiger partial charge on any atom is 0.233 e. The van der Waals surface area contributed by atoms with E-state index in [9.17, 15) is 4.79 Å². The molecule has 6 nitrogen and oxygen atoms in total. The Morgan fingerprint density at radius 1 is 1.33 bits per heavy atom. The lowest BCUT2D eigenvalue weighted by Crippen LogP contribution is -2.38. The molecule has 0 bridgehead atoms. The van der Waals surface area contributed by atoms with Crippen molar-refractivity contribution in [3.63, 3.8) is 0 Å². The molecule has 1 aromatic carbocycles. The summed E-state index contributed by atoms with van der Waals surface area (Å²) in [5.41, 5.74) is 1.30. The molecule has 24 heavy (non-hydrogen) atoms. The van der Waals surface area contributed by atoms with Crippen molar-refractivity contribution in [2.24, 2.45) is 0 Å². The average Bonchev–Trinajstić information content (AvgIpc) is 3.33. The molecule has 1 amide bonds. The summed E-state index contributed by atoms with van der Waals surface area (Å²) in [6.45, 7) is 3.95. The number of nitrogens with one attached hydrogen (secondary N) is 1. The molecule has 1 aliphatic rings. The first-order chi connectivity index (χ1) is 11.6. The number of hydrogen-bond donors (Lipinski definition) is 1. The lowest BCUT2D eigenvalue weighted by molar-refractivity contribution is -0.120. The first-order valence-corrected chi connectivity index (χ1v) is 9.30. The molecule has 3 rings (SSSR count). The van der Waals surface area contributed by atoms with Crippen molar-refractivity contribution in [3.05, 3.63) is 35.9 Å². The first-order valence-electron chi connectivity index (χ1n) is 8.42. The van der Waals surface area contributed by atoms with E-state index in [1.165, 1.54) is 17.3 Å². The van der Waals surface area contributed by atoms with Gasteiger partial charge in [-0.1, -0.05) is 42.1 Å². The zero-order valence-electron chi connectivity index (χ0n) is 14.1. The summed E-state index contributed by atoms with van der Waals surface area (Å²) in [7, 11) is 0. The summed E-state index contributed by atoms with van der Waals surface area (Å²) in [6.07, 6.45) is 4.13. The predicted molar refractivity (Wildman–Crippen MR) is 93.8 cm³/mol. The fourth-order valence-electron chi connectivity index (χ4n) is 2.48. The van der Waals surface area contributed by atoms with Gasteiger partial charge in [0.1, 0.15) is 0 Å². The number of aromatic nitrogens is 4. The molecular formula is C17H23N5OS. The minimum atomic E-state index is -0.215. The van der Waals surface area contributed by atoms with Crippen LogP contribution in [-0.4, -0.2) is 37.4 Å². The third-order valence-corrected chi connectivity index (χ3v) is 5.15. The average molecular weight is 345 g/mol. The highest BCUT2D eigenvalue weighted by Crippen LogP contribution is 2.37. The molecule has 1 fully saturated rings. The van der Waals surface area contributed by atoms with Crippen LogP contribution in [0.15, 0.2) is 35.5 Å². The summed E-state index contributed by atoms with van der Waals surface area (Å²) < 4.78 is 1.84. The van der Waals surface area contributed by atoms with Crippen molar-refractivity contribution in [3.8, 4) is 0 Å². The Balaban J connectivity index is 1.45. The number of amides is 1. The van der Waals surface area contributed by atoms with Crippen LogP contribution in [0.4, 0.5) is 0 Å². The lowest BCUT2D eigenvalue weighted by atomic mass is 10.1. The Bertz CT molecular complexity index is 671. The molecule has 2 aromatic rings. The number of tetrazole rings is 1. The van der Waals surface area contributed by atoms with Crippen LogP contribution in [0.5, 0.6) is 0 Å². The SMILES string of the molecule is CC(CCc1ccccc1)NC(=O)C(C)Sc1nnnn1C1CC1. The van der Waals surface area contributed by atoms with E-state index in [0.717, 1.165) is 30.8 Å². The van der Waals surface area contributed by atoms with Crippen LogP contribution in [0, 0.1) is 0 Å². The Morgan fingerprint density at radius 3 is 2.79 bits per heavy atom. The number of benzene rings is 1. The van der Waals surface area contributed by atoms with Crippen molar-refractivity contribution in [2.75, 3.05) is 0 Å². The normalized spacial score (nSPS) is 16.6. The molecule has 1 aromatic heterocycles. The maximum atomic E-state index is 12.4. The monoisotopic (exact) mass is 345 g/mol. The summed E-state index contributed by atoms with van der Waals surface area (Å²) in [6, 6.07) is 10.9. The molecule has 0 saturated heterocycles. The predicted octanol–water partition coefficient (Wildman–Crippen LogP) is 2.63. The van der Waals surface area contributed by atoms with Crippen LogP contribution >= 0.6 is 11.8 Å². The molecule has 1 saturated carbocycles. The molecule has 7 heteroatoms. The van der Waals surface area contributed by atoms with Crippen LogP contribution in [0.1, 0.15) is 44.7 Å². The molecule has 0 spiro atoms. The highest BCUT2D eigenvalue weighted by molar-refractivity contribution is 8.00.